The second kappa shape index (κ2) is 3.93. The number of rotatable bonds is 3. The number of fused-ring (bicyclic) bond motifs is 1. The van der Waals surface area contributed by atoms with Crippen LogP contribution < -0.4 is 9.47 Å². The maximum Gasteiger partial charge on any atom is 0.384 e. The summed E-state index contributed by atoms with van der Waals surface area (Å²) in [5, 5.41) is 10.7. The molecule has 0 radical (unpaired) electrons. The van der Waals surface area contributed by atoms with Crippen molar-refractivity contribution in [3.8, 4) is 11.5 Å². The molecular weight excluding hydrogens is 230 g/mol. The number of methoxy groups -OCH3 is 2. The van der Waals surface area contributed by atoms with Crippen LogP contribution in [0.4, 0.5) is 0 Å². The third-order valence-electron chi connectivity index (χ3n) is 2.45. The highest BCUT2D eigenvalue weighted by Gasteiger charge is 2.40. The van der Waals surface area contributed by atoms with E-state index in [1.165, 1.54) is 26.4 Å². The Morgan fingerprint density at radius 3 is 2.41 bits per heavy atom. The molecule has 0 N–H and O–H groups in total. The number of carbonyl (C=O) groups is 1. The highest BCUT2D eigenvalue weighted by atomic mass is 16.7. The molecule has 0 fully saturated rings. The first-order valence-corrected chi connectivity index (χ1v) is 4.69. The topological polar surface area (TPSA) is 87.9 Å². The number of esters is 1. The number of hydrogen-bond acceptors (Lipinski definition) is 6. The molecule has 2 rings (SSSR count). The van der Waals surface area contributed by atoms with Gasteiger partial charge in [-0.05, 0) is 12.1 Å². The minimum absolute atomic E-state index is 0.129. The minimum atomic E-state index is -1.47. The van der Waals surface area contributed by atoms with E-state index in [-0.39, 0.29) is 11.1 Å². The predicted octanol–water partition coefficient (Wildman–Crippen LogP) is 1.15. The van der Waals surface area contributed by atoms with Crippen molar-refractivity contribution in [2.45, 2.75) is 6.23 Å². The van der Waals surface area contributed by atoms with Crippen molar-refractivity contribution in [2.24, 2.45) is 0 Å². The van der Waals surface area contributed by atoms with Crippen molar-refractivity contribution in [3.63, 3.8) is 0 Å². The number of carbonyl (C=O) groups excluding carboxylic acids is 1. The van der Waals surface area contributed by atoms with Gasteiger partial charge in [-0.25, -0.2) is 4.79 Å². The van der Waals surface area contributed by atoms with Crippen LogP contribution in [0.25, 0.3) is 0 Å². The van der Waals surface area contributed by atoms with Gasteiger partial charge in [0.05, 0.1) is 30.3 Å². The average Bonchev–Trinajstić information content (AvgIpc) is 2.64. The Kier molecular flexibility index (Phi) is 2.58. The highest BCUT2D eigenvalue weighted by Crippen LogP contribution is 2.38. The summed E-state index contributed by atoms with van der Waals surface area (Å²) < 4.78 is 14.7. The lowest BCUT2D eigenvalue weighted by Gasteiger charge is -2.08. The molecule has 0 saturated heterocycles. The summed E-state index contributed by atoms with van der Waals surface area (Å²) in [5.74, 6) is -0.0914. The van der Waals surface area contributed by atoms with Crippen LogP contribution in [-0.2, 0) is 4.74 Å². The van der Waals surface area contributed by atoms with E-state index < -0.39 is 17.1 Å². The van der Waals surface area contributed by atoms with E-state index in [4.69, 9.17) is 9.47 Å². The van der Waals surface area contributed by atoms with Gasteiger partial charge in [0.25, 0.3) is 0 Å². The zero-order valence-corrected chi connectivity index (χ0v) is 9.13. The first-order chi connectivity index (χ1) is 8.08. The van der Waals surface area contributed by atoms with Crippen molar-refractivity contribution in [2.75, 3.05) is 14.2 Å². The molecule has 1 aliphatic heterocycles. The summed E-state index contributed by atoms with van der Waals surface area (Å²) in [6.07, 6.45) is -1.47. The van der Waals surface area contributed by atoms with Gasteiger partial charge in [0.1, 0.15) is 0 Å². The summed E-state index contributed by atoms with van der Waals surface area (Å²) in [6, 6.07) is 2.76. The highest BCUT2D eigenvalue weighted by molar-refractivity contribution is 5.94. The molecule has 1 aromatic rings. The molecule has 7 heteroatoms. The fraction of sp³-hybridized carbons (Fsp3) is 0.300. The number of hydrogen-bond donors (Lipinski definition) is 0. The normalized spacial score (nSPS) is 17.3. The average molecular weight is 239 g/mol. The van der Waals surface area contributed by atoms with Crippen LogP contribution in [0, 0.1) is 10.1 Å². The van der Waals surface area contributed by atoms with E-state index >= 15 is 0 Å². The first kappa shape index (κ1) is 11.2. The molecule has 0 spiro atoms. The Bertz CT molecular complexity index is 498. The summed E-state index contributed by atoms with van der Waals surface area (Å²) in [5.41, 5.74) is 0.307. The van der Waals surface area contributed by atoms with Gasteiger partial charge in [-0.3, -0.25) is 10.1 Å². The Hall–Kier alpha value is -2.31. The molecule has 0 bridgehead atoms. The van der Waals surface area contributed by atoms with E-state index in [0.717, 1.165) is 0 Å². The predicted molar refractivity (Wildman–Crippen MR) is 54.7 cm³/mol. The van der Waals surface area contributed by atoms with Gasteiger partial charge >= 0.3 is 12.2 Å². The van der Waals surface area contributed by atoms with E-state index in [1.54, 1.807) is 0 Å². The maximum absolute atomic E-state index is 11.4. The monoisotopic (exact) mass is 239 g/mol. The van der Waals surface area contributed by atoms with Crippen LogP contribution in [0.5, 0.6) is 11.5 Å². The number of nitro groups is 1. The maximum atomic E-state index is 11.4. The molecule has 0 aliphatic carbocycles. The smallest absolute Gasteiger partial charge is 0.384 e. The Balaban J connectivity index is 2.58. The number of benzene rings is 1. The van der Waals surface area contributed by atoms with Gasteiger partial charge in [-0.15, -0.1) is 0 Å². The Morgan fingerprint density at radius 1 is 1.29 bits per heavy atom. The zero-order chi connectivity index (χ0) is 12.6. The Labute approximate surface area is 96.0 Å². The van der Waals surface area contributed by atoms with Gasteiger partial charge in [0.2, 0.25) is 0 Å². The molecule has 90 valence electrons. The summed E-state index contributed by atoms with van der Waals surface area (Å²) in [4.78, 5) is 21.5. The van der Waals surface area contributed by atoms with E-state index in [9.17, 15) is 14.9 Å². The Morgan fingerprint density at radius 2 is 1.88 bits per heavy atom. The molecule has 1 aromatic carbocycles. The molecule has 7 nitrogen and oxygen atoms in total. The molecule has 0 saturated carbocycles. The lowest BCUT2D eigenvalue weighted by Crippen LogP contribution is -2.09. The molecule has 1 aliphatic rings. The van der Waals surface area contributed by atoms with Crippen LogP contribution >= 0.6 is 0 Å². The molecular formula is C10H9NO6. The van der Waals surface area contributed by atoms with E-state index in [1.807, 2.05) is 0 Å². The second-order valence-corrected chi connectivity index (χ2v) is 3.34. The van der Waals surface area contributed by atoms with Gasteiger partial charge in [0.15, 0.2) is 11.5 Å². The van der Waals surface area contributed by atoms with Gasteiger partial charge < -0.3 is 14.2 Å². The lowest BCUT2D eigenvalue weighted by atomic mass is 10.1. The third kappa shape index (κ3) is 1.65. The largest absolute Gasteiger partial charge is 0.493 e. The van der Waals surface area contributed by atoms with Gasteiger partial charge in [-0.2, -0.15) is 0 Å². The van der Waals surface area contributed by atoms with E-state index in [0.29, 0.717) is 11.5 Å². The summed E-state index contributed by atoms with van der Waals surface area (Å²) in [6.45, 7) is 0. The van der Waals surface area contributed by atoms with Crippen LogP contribution in [0.3, 0.4) is 0 Å². The fourth-order valence-electron chi connectivity index (χ4n) is 1.66. The fourth-order valence-corrected chi connectivity index (χ4v) is 1.66. The van der Waals surface area contributed by atoms with Crippen molar-refractivity contribution in [1.29, 1.82) is 0 Å². The minimum Gasteiger partial charge on any atom is -0.493 e. The lowest BCUT2D eigenvalue weighted by molar-refractivity contribution is -0.572. The SMILES string of the molecule is COc1cc2c(cc1OC)[C@@H]([N+](=O)[O-])OC2=O. The molecule has 0 aromatic heterocycles. The second-order valence-electron chi connectivity index (χ2n) is 3.34. The van der Waals surface area contributed by atoms with Crippen LogP contribution in [-0.4, -0.2) is 25.1 Å². The quantitative estimate of drug-likeness (QED) is 0.446. The van der Waals surface area contributed by atoms with Crippen LogP contribution in [0.1, 0.15) is 22.1 Å². The molecule has 1 heterocycles. The van der Waals surface area contributed by atoms with Gasteiger partial charge in [0, 0.05) is 0 Å². The van der Waals surface area contributed by atoms with Crippen molar-refractivity contribution >= 4 is 5.97 Å². The molecule has 0 amide bonds. The van der Waals surface area contributed by atoms with Crippen molar-refractivity contribution in [3.05, 3.63) is 33.4 Å². The van der Waals surface area contributed by atoms with Crippen LogP contribution in [0.2, 0.25) is 0 Å². The first-order valence-electron chi connectivity index (χ1n) is 4.69. The third-order valence-corrected chi connectivity index (χ3v) is 2.45. The summed E-state index contributed by atoms with van der Waals surface area (Å²) >= 11 is 0. The standard InChI is InChI=1S/C10H9NO6/c1-15-7-3-5-6(4-8(7)16-2)10(12)17-9(5)11(13)14/h3-4,9H,1-2H3/t9-/m0/s1. The molecule has 1 atom stereocenters. The molecule has 0 unspecified atom stereocenters. The number of ether oxygens (including phenoxy) is 3. The van der Waals surface area contributed by atoms with Crippen LogP contribution in [0.15, 0.2) is 12.1 Å². The van der Waals surface area contributed by atoms with Crippen molar-refractivity contribution < 1.29 is 23.9 Å². The van der Waals surface area contributed by atoms with Gasteiger partial charge in [-0.1, -0.05) is 0 Å². The van der Waals surface area contributed by atoms with Crippen molar-refractivity contribution in [1.82, 2.24) is 0 Å². The zero-order valence-electron chi connectivity index (χ0n) is 9.13. The number of nitrogens with zero attached hydrogens (tertiary/aromatic N) is 1. The number of cyclic esters (lactones) is 1. The van der Waals surface area contributed by atoms with E-state index in [2.05, 4.69) is 4.74 Å². The molecule has 17 heavy (non-hydrogen) atoms. The summed E-state index contributed by atoms with van der Waals surface area (Å²) in [7, 11) is 2.82.